The van der Waals surface area contributed by atoms with Gasteiger partial charge in [0.25, 0.3) is 11.5 Å². The standard InChI is InChI=1S/C22H19ClN4O3S/c1-12-17-19(28)25-11-26-21(17)31-18(12)22(29)27-8-2-3-16(27)20-24-10-15(30-20)9-13-4-6-14(23)7-5-13/h4-7,10-11,16H,2-3,8-9H2,1H3,(H,25,26,28)/t16-/m1/s1. The highest BCUT2D eigenvalue weighted by Crippen LogP contribution is 2.36. The van der Waals surface area contributed by atoms with Gasteiger partial charge in [-0.15, -0.1) is 11.3 Å². The number of nitrogens with one attached hydrogen (secondary N) is 1. The zero-order valence-corrected chi connectivity index (χ0v) is 18.3. The van der Waals surface area contributed by atoms with Crippen LogP contribution >= 0.6 is 22.9 Å². The zero-order valence-electron chi connectivity index (χ0n) is 16.7. The maximum atomic E-state index is 13.4. The largest absolute Gasteiger partial charge is 0.443 e. The van der Waals surface area contributed by atoms with Crippen LogP contribution < -0.4 is 5.56 Å². The lowest BCUT2D eigenvalue weighted by Crippen LogP contribution is -2.30. The summed E-state index contributed by atoms with van der Waals surface area (Å²) in [5.74, 6) is 1.18. The van der Waals surface area contributed by atoms with E-state index in [2.05, 4.69) is 15.0 Å². The van der Waals surface area contributed by atoms with E-state index in [1.54, 1.807) is 18.0 Å². The Morgan fingerprint density at radius 3 is 2.90 bits per heavy atom. The average molecular weight is 455 g/mol. The van der Waals surface area contributed by atoms with E-state index in [1.807, 2.05) is 24.3 Å². The molecule has 1 N–H and O–H groups in total. The van der Waals surface area contributed by atoms with Crippen molar-refractivity contribution < 1.29 is 9.21 Å². The number of hydrogen-bond donors (Lipinski definition) is 1. The van der Waals surface area contributed by atoms with Gasteiger partial charge in [-0.3, -0.25) is 9.59 Å². The normalized spacial score (nSPS) is 16.3. The Balaban J connectivity index is 1.40. The summed E-state index contributed by atoms with van der Waals surface area (Å²) < 4.78 is 6.02. The van der Waals surface area contributed by atoms with Gasteiger partial charge in [0.15, 0.2) is 0 Å². The molecule has 1 aliphatic rings. The smallest absolute Gasteiger partial charge is 0.264 e. The van der Waals surface area contributed by atoms with E-state index >= 15 is 0 Å². The van der Waals surface area contributed by atoms with Gasteiger partial charge in [0, 0.05) is 18.0 Å². The Kier molecular flexibility index (Phi) is 5.11. The molecule has 1 aliphatic heterocycles. The molecule has 0 saturated carbocycles. The van der Waals surface area contributed by atoms with Crippen LogP contribution in [0.1, 0.15) is 51.3 Å². The van der Waals surface area contributed by atoms with Crippen LogP contribution in [0, 0.1) is 6.92 Å². The van der Waals surface area contributed by atoms with Crippen molar-refractivity contribution in [2.24, 2.45) is 0 Å². The first-order chi connectivity index (χ1) is 15.0. The molecule has 0 unspecified atom stereocenters. The maximum Gasteiger partial charge on any atom is 0.264 e. The lowest BCUT2D eigenvalue weighted by molar-refractivity contribution is 0.0719. The molecular formula is C22H19ClN4O3S. The van der Waals surface area contributed by atoms with E-state index in [4.69, 9.17) is 16.0 Å². The first kappa shape index (κ1) is 20.0. The Morgan fingerprint density at radius 1 is 1.32 bits per heavy atom. The summed E-state index contributed by atoms with van der Waals surface area (Å²) in [6, 6.07) is 7.38. The van der Waals surface area contributed by atoms with Crippen molar-refractivity contribution in [1.29, 1.82) is 0 Å². The van der Waals surface area contributed by atoms with E-state index in [1.165, 1.54) is 17.7 Å². The van der Waals surface area contributed by atoms with Crippen molar-refractivity contribution in [3.8, 4) is 0 Å². The minimum atomic E-state index is -0.227. The average Bonchev–Trinajstić information content (AvgIpc) is 3.48. The second kappa shape index (κ2) is 7.94. The Hall–Kier alpha value is -2.97. The number of aryl methyl sites for hydroxylation is 1. The van der Waals surface area contributed by atoms with Gasteiger partial charge in [-0.1, -0.05) is 23.7 Å². The molecule has 4 heterocycles. The van der Waals surface area contributed by atoms with Crippen LogP contribution in [-0.2, 0) is 6.42 Å². The van der Waals surface area contributed by atoms with Gasteiger partial charge in [-0.25, -0.2) is 9.97 Å². The quantitative estimate of drug-likeness (QED) is 0.490. The molecule has 158 valence electrons. The summed E-state index contributed by atoms with van der Waals surface area (Å²) in [5.41, 5.74) is 1.52. The van der Waals surface area contributed by atoms with E-state index in [9.17, 15) is 9.59 Å². The lowest BCUT2D eigenvalue weighted by atomic mass is 10.1. The van der Waals surface area contributed by atoms with E-state index < -0.39 is 0 Å². The minimum absolute atomic E-state index is 0.111. The number of carbonyl (C=O) groups excluding carboxylic acids is 1. The third-order valence-electron chi connectivity index (χ3n) is 5.59. The second-order valence-electron chi connectivity index (χ2n) is 7.59. The Labute approximate surface area is 186 Å². The molecule has 31 heavy (non-hydrogen) atoms. The van der Waals surface area contributed by atoms with E-state index in [0.717, 1.165) is 24.2 Å². The summed E-state index contributed by atoms with van der Waals surface area (Å²) >= 11 is 7.21. The number of halogens is 1. The van der Waals surface area contributed by atoms with Gasteiger partial charge < -0.3 is 14.3 Å². The number of amides is 1. The molecule has 1 atom stereocenters. The van der Waals surface area contributed by atoms with Crippen molar-refractivity contribution in [3.05, 3.63) is 79.8 Å². The highest BCUT2D eigenvalue weighted by molar-refractivity contribution is 7.20. The molecule has 0 spiro atoms. The fourth-order valence-electron chi connectivity index (χ4n) is 4.04. The van der Waals surface area contributed by atoms with Gasteiger partial charge >= 0.3 is 0 Å². The number of rotatable bonds is 4. The number of hydrogen-bond acceptors (Lipinski definition) is 6. The fraction of sp³-hybridized carbons (Fsp3) is 0.273. The van der Waals surface area contributed by atoms with Crippen LogP contribution in [-0.4, -0.2) is 32.3 Å². The van der Waals surface area contributed by atoms with Gasteiger partial charge in [-0.2, -0.15) is 0 Å². The highest BCUT2D eigenvalue weighted by atomic mass is 35.5. The third-order valence-corrected chi connectivity index (χ3v) is 7.03. The van der Waals surface area contributed by atoms with E-state index in [0.29, 0.717) is 44.5 Å². The highest BCUT2D eigenvalue weighted by Gasteiger charge is 2.35. The predicted octanol–water partition coefficient (Wildman–Crippen LogP) is 4.50. The number of H-pyrrole nitrogens is 1. The van der Waals surface area contributed by atoms with Crippen LogP contribution in [0.25, 0.3) is 10.2 Å². The number of fused-ring (bicyclic) bond motifs is 1. The zero-order chi connectivity index (χ0) is 21.5. The van der Waals surface area contributed by atoms with Gasteiger partial charge in [0.05, 0.1) is 22.8 Å². The van der Waals surface area contributed by atoms with Crippen LogP contribution in [0.15, 0.2) is 46.0 Å². The molecule has 4 aromatic rings. The van der Waals surface area contributed by atoms with Crippen molar-refractivity contribution in [1.82, 2.24) is 19.9 Å². The molecule has 0 radical (unpaired) electrons. The summed E-state index contributed by atoms with van der Waals surface area (Å²) in [6.07, 6.45) is 5.35. The SMILES string of the molecule is Cc1c(C(=O)N2CCC[C@@H]2c2ncc(Cc3ccc(Cl)cc3)o2)sc2nc[nH]c(=O)c12. The maximum absolute atomic E-state index is 13.4. The molecule has 1 amide bonds. The third kappa shape index (κ3) is 3.66. The minimum Gasteiger partial charge on any atom is -0.443 e. The molecule has 1 fully saturated rings. The number of aromatic amines is 1. The monoisotopic (exact) mass is 454 g/mol. The van der Waals surface area contributed by atoms with Gasteiger partial charge in [-0.05, 0) is 43.0 Å². The summed E-state index contributed by atoms with van der Waals surface area (Å²) in [4.78, 5) is 39.7. The molecule has 0 aliphatic carbocycles. The first-order valence-corrected chi connectivity index (χ1v) is 11.2. The molecule has 1 saturated heterocycles. The summed E-state index contributed by atoms with van der Waals surface area (Å²) in [7, 11) is 0. The van der Waals surface area contributed by atoms with Crippen molar-refractivity contribution in [3.63, 3.8) is 0 Å². The number of oxazole rings is 1. The lowest BCUT2D eigenvalue weighted by Gasteiger charge is -2.22. The molecule has 0 bridgehead atoms. The van der Waals surface area contributed by atoms with Crippen LogP contribution in [0.2, 0.25) is 5.02 Å². The second-order valence-corrected chi connectivity index (χ2v) is 9.03. The number of likely N-dealkylation sites (tertiary alicyclic amines) is 1. The number of aromatic nitrogens is 3. The topological polar surface area (TPSA) is 92.1 Å². The molecule has 5 rings (SSSR count). The predicted molar refractivity (Wildman–Crippen MR) is 119 cm³/mol. The van der Waals surface area contributed by atoms with Crippen molar-refractivity contribution in [2.75, 3.05) is 6.54 Å². The molecule has 1 aromatic carbocycles. The number of thiophene rings is 1. The van der Waals surface area contributed by atoms with Crippen LogP contribution in [0.3, 0.4) is 0 Å². The molecular weight excluding hydrogens is 436 g/mol. The molecule has 9 heteroatoms. The number of nitrogens with zero attached hydrogens (tertiary/aromatic N) is 3. The van der Waals surface area contributed by atoms with Crippen molar-refractivity contribution in [2.45, 2.75) is 32.2 Å². The summed E-state index contributed by atoms with van der Waals surface area (Å²) in [5, 5.41) is 1.17. The Bertz CT molecular complexity index is 1320. The van der Waals surface area contributed by atoms with Gasteiger partial charge in [0.1, 0.15) is 16.6 Å². The van der Waals surface area contributed by atoms with E-state index in [-0.39, 0.29) is 17.5 Å². The first-order valence-electron chi connectivity index (χ1n) is 9.98. The van der Waals surface area contributed by atoms with Gasteiger partial charge in [0.2, 0.25) is 5.89 Å². The van der Waals surface area contributed by atoms with Crippen molar-refractivity contribution >= 4 is 39.1 Å². The number of carbonyl (C=O) groups is 1. The fourth-order valence-corrected chi connectivity index (χ4v) is 5.27. The van der Waals surface area contributed by atoms with Crippen LogP contribution in [0.4, 0.5) is 0 Å². The Morgan fingerprint density at radius 2 is 2.13 bits per heavy atom. The molecule has 3 aromatic heterocycles. The molecule has 7 nitrogen and oxygen atoms in total. The summed E-state index contributed by atoms with van der Waals surface area (Å²) in [6.45, 7) is 2.42. The van der Waals surface area contributed by atoms with Crippen LogP contribution in [0.5, 0.6) is 0 Å². The number of benzene rings is 1.